The molecule has 2 rings (SSSR count). The monoisotopic (exact) mass is 432 g/mol. The minimum atomic E-state index is -4.65. The molecule has 1 N–H and O–H groups in total. The summed E-state index contributed by atoms with van der Waals surface area (Å²) in [5, 5.41) is 20.8. The third-order valence-corrected chi connectivity index (χ3v) is 4.96. The molecule has 0 fully saturated rings. The van der Waals surface area contributed by atoms with Gasteiger partial charge in [-0.15, -0.1) is 11.8 Å². The highest BCUT2D eigenvalue weighted by Gasteiger charge is 2.46. The van der Waals surface area contributed by atoms with E-state index >= 15 is 0 Å². The number of halogens is 3. The number of alkyl halides is 3. The van der Waals surface area contributed by atoms with E-state index in [0.29, 0.717) is 0 Å². The summed E-state index contributed by atoms with van der Waals surface area (Å²) >= 11 is 1.00. The highest BCUT2D eigenvalue weighted by atomic mass is 32.2. The molecule has 0 bridgehead atoms. The van der Waals surface area contributed by atoms with Gasteiger partial charge in [0.2, 0.25) is 0 Å². The van der Waals surface area contributed by atoms with Gasteiger partial charge in [0.15, 0.2) is 0 Å². The van der Waals surface area contributed by atoms with Gasteiger partial charge in [0.25, 0.3) is 6.04 Å². The Morgan fingerprint density at radius 1 is 1.41 bits per heavy atom. The zero-order valence-electron chi connectivity index (χ0n) is 15.6. The average Bonchev–Trinajstić information content (AvgIpc) is 2.64. The van der Waals surface area contributed by atoms with Crippen LogP contribution in [0.25, 0.3) is 0 Å². The normalized spacial score (nSPS) is 19.7. The van der Waals surface area contributed by atoms with Crippen molar-refractivity contribution in [2.24, 2.45) is 4.99 Å². The molecule has 7 nitrogen and oxygen atoms in total. The molecule has 11 heteroatoms. The van der Waals surface area contributed by atoms with Crippen LogP contribution in [0.5, 0.6) is 0 Å². The highest BCUT2D eigenvalue weighted by molar-refractivity contribution is 7.99. The summed E-state index contributed by atoms with van der Waals surface area (Å²) in [6, 6.07) is 2.58. The van der Waals surface area contributed by atoms with Crippen molar-refractivity contribution >= 4 is 23.4 Å². The van der Waals surface area contributed by atoms with Crippen molar-refractivity contribution in [2.75, 3.05) is 18.3 Å². The molecule has 0 spiro atoms. The zero-order valence-corrected chi connectivity index (χ0v) is 16.4. The van der Waals surface area contributed by atoms with Gasteiger partial charge in [0, 0.05) is 10.7 Å². The first kappa shape index (κ1) is 22.9. The number of nitrogens with zero attached hydrogens (tertiary/aromatic N) is 2. The van der Waals surface area contributed by atoms with Gasteiger partial charge in [-0.25, -0.2) is 4.79 Å². The maximum atomic E-state index is 13.2. The van der Waals surface area contributed by atoms with E-state index in [-0.39, 0.29) is 40.8 Å². The fraction of sp³-hybridized carbons (Fsp3) is 0.444. The topological polar surface area (TPSA) is 102 Å². The van der Waals surface area contributed by atoms with Crippen molar-refractivity contribution in [3.63, 3.8) is 0 Å². The van der Waals surface area contributed by atoms with Gasteiger partial charge in [-0.2, -0.15) is 13.2 Å². The lowest BCUT2D eigenvalue weighted by Crippen LogP contribution is -2.40. The van der Waals surface area contributed by atoms with E-state index in [1.165, 1.54) is 13.0 Å². The summed E-state index contributed by atoms with van der Waals surface area (Å²) in [4.78, 5) is 27.9. The van der Waals surface area contributed by atoms with Crippen LogP contribution < -0.4 is 0 Å². The van der Waals surface area contributed by atoms with Crippen LogP contribution >= 0.6 is 11.8 Å². The van der Waals surface area contributed by atoms with Crippen molar-refractivity contribution in [1.82, 2.24) is 0 Å². The minimum absolute atomic E-state index is 0.0239. The molecular formula is C18H19F3N2O5S. The maximum Gasteiger partial charge on any atom is 0.416 e. The standard InChI is InChI=1S/C18H19F3N2O5S/c1-3-28-17(25)15-13(8-29-9-24)22-10(2)16(23(26)27)14(15)11-5-4-6-12(7-11)18(19,20)21/h4-7,14,16,24H,3,8-9H2,1-2H3. The first-order valence-corrected chi connectivity index (χ1v) is 9.71. The van der Waals surface area contributed by atoms with E-state index in [1.54, 1.807) is 6.92 Å². The quantitative estimate of drug-likeness (QED) is 0.307. The van der Waals surface area contributed by atoms with Gasteiger partial charge in [-0.3, -0.25) is 15.1 Å². The van der Waals surface area contributed by atoms with Gasteiger partial charge in [0.1, 0.15) is 0 Å². The van der Waals surface area contributed by atoms with E-state index in [0.717, 1.165) is 30.0 Å². The number of hydrogen-bond acceptors (Lipinski definition) is 7. The number of aliphatic imine (C=N–C) groups is 1. The van der Waals surface area contributed by atoms with Crippen LogP contribution in [0.15, 0.2) is 40.5 Å². The van der Waals surface area contributed by atoms with Crippen LogP contribution in [-0.2, 0) is 15.7 Å². The van der Waals surface area contributed by atoms with Gasteiger partial charge in [0.05, 0.1) is 41.0 Å². The van der Waals surface area contributed by atoms with Gasteiger partial charge < -0.3 is 9.84 Å². The SMILES string of the molecule is CCOC(=O)C1=C(CSCO)N=C(C)C([N+](=O)[O-])C1c1cccc(C(F)(F)F)c1. The first-order chi connectivity index (χ1) is 13.6. The number of ether oxygens (including phenoxy) is 1. The highest BCUT2D eigenvalue weighted by Crippen LogP contribution is 2.40. The lowest BCUT2D eigenvalue weighted by atomic mass is 9.80. The largest absolute Gasteiger partial charge is 0.463 e. The second kappa shape index (κ2) is 9.40. The van der Waals surface area contributed by atoms with Crippen molar-refractivity contribution in [3.8, 4) is 0 Å². The average molecular weight is 432 g/mol. The van der Waals surface area contributed by atoms with Crippen LogP contribution in [0.3, 0.4) is 0 Å². The number of carbonyl (C=O) groups excluding carboxylic acids is 1. The molecule has 0 saturated heterocycles. The molecule has 1 aliphatic heterocycles. The Hall–Kier alpha value is -2.40. The first-order valence-electron chi connectivity index (χ1n) is 8.56. The van der Waals surface area contributed by atoms with E-state index in [2.05, 4.69) is 4.99 Å². The molecule has 2 unspecified atom stereocenters. The van der Waals surface area contributed by atoms with Crippen molar-refractivity contribution in [3.05, 3.63) is 56.8 Å². The molecule has 1 heterocycles. The van der Waals surface area contributed by atoms with E-state index in [4.69, 9.17) is 9.84 Å². The Kier molecular flexibility index (Phi) is 7.42. The number of rotatable bonds is 7. The summed E-state index contributed by atoms with van der Waals surface area (Å²) in [7, 11) is 0. The number of benzene rings is 1. The molecule has 158 valence electrons. The molecular weight excluding hydrogens is 413 g/mol. The lowest BCUT2D eigenvalue weighted by molar-refractivity contribution is -0.505. The molecule has 0 saturated carbocycles. The number of aliphatic hydroxyl groups excluding tert-OH is 1. The molecule has 1 aliphatic rings. The number of nitro groups is 1. The number of esters is 1. The molecule has 29 heavy (non-hydrogen) atoms. The molecule has 2 atom stereocenters. The third kappa shape index (κ3) is 5.15. The van der Waals surface area contributed by atoms with Crippen LogP contribution in [0.1, 0.15) is 30.9 Å². The van der Waals surface area contributed by atoms with Crippen molar-refractivity contribution < 1.29 is 32.7 Å². The fourth-order valence-corrected chi connectivity index (χ4v) is 3.66. The van der Waals surface area contributed by atoms with E-state index < -0.39 is 34.6 Å². The Bertz CT molecular complexity index is 854. The number of hydrogen-bond donors (Lipinski definition) is 1. The maximum absolute atomic E-state index is 13.2. The van der Waals surface area contributed by atoms with E-state index in [1.807, 2.05) is 0 Å². The van der Waals surface area contributed by atoms with Crippen LogP contribution in [0, 0.1) is 10.1 Å². The van der Waals surface area contributed by atoms with Gasteiger partial charge in [-0.1, -0.05) is 18.2 Å². The zero-order chi connectivity index (χ0) is 21.8. The summed E-state index contributed by atoms with van der Waals surface area (Å²) < 4.78 is 44.6. The molecule has 0 radical (unpaired) electrons. The van der Waals surface area contributed by atoms with Crippen molar-refractivity contribution in [1.29, 1.82) is 0 Å². The van der Waals surface area contributed by atoms with Crippen LogP contribution in [-0.4, -0.2) is 46.1 Å². The summed E-state index contributed by atoms with van der Waals surface area (Å²) in [6.07, 6.45) is -4.65. The van der Waals surface area contributed by atoms with Gasteiger partial charge in [-0.05, 0) is 25.5 Å². The summed E-state index contributed by atoms with van der Waals surface area (Å²) in [5.74, 6) is -2.44. The summed E-state index contributed by atoms with van der Waals surface area (Å²) in [5.41, 5.74) is -0.990. The lowest BCUT2D eigenvalue weighted by Gasteiger charge is -2.28. The van der Waals surface area contributed by atoms with Gasteiger partial charge >= 0.3 is 12.1 Å². The second-order valence-corrected chi connectivity index (χ2v) is 7.10. The Morgan fingerprint density at radius 3 is 2.66 bits per heavy atom. The van der Waals surface area contributed by atoms with Crippen LogP contribution in [0.4, 0.5) is 13.2 Å². The minimum Gasteiger partial charge on any atom is -0.463 e. The fourth-order valence-electron chi connectivity index (χ4n) is 3.16. The Morgan fingerprint density at radius 2 is 2.10 bits per heavy atom. The third-order valence-electron chi connectivity index (χ3n) is 4.30. The Balaban J connectivity index is 2.72. The number of thioether (sulfide) groups is 1. The molecule has 1 aromatic rings. The number of carbonyl (C=O) groups is 1. The summed E-state index contributed by atoms with van der Waals surface area (Å²) in [6.45, 7) is 2.91. The molecule has 0 amide bonds. The van der Waals surface area contributed by atoms with Crippen molar-refractivity contribution in [2.45, 2.75) is 32.0 Å². The van der Waals surface area contributed by atoms with Crippen LogP contribution in [0.2, 0.25) is 0 Å². The smallest absolute Gasteiger partial charge is 0.416 e. The predicted octanol–water partition coefficient (Wildman–Crippen LogP) is 3.41. The molecule has 0 aromatic heterocycles. The predicted molar refractivity (Wildman–Crippen MR) is 101 cm³/mol. The Labute approximate surface area is 168 Å². The van der Waals surface area contributed by atoms with E-state index in [9.17, 15) is 28.1 Å². The number of aliphatic hydroxyl groups is 1. The molecule has 0 aliphatic carbocycles. The molecule has 1 aromatic carbocycles. The second-order valence-electron chi connectivity index (χ2n) is 6.14.